The first-order valence-corrected chi connectivity index (χ1v) is 3.64. The molecule has 1 amide bonds. The van der Waals surface area contributed by atoms with Crippen molar-refractivity contribution in [2.24, 2.45) is 0 Å². The van der Waals surface area contributed by atoms with Crippen molar-refractivity contribution in [2.75, 3.05) is 13.8 Å². The Morgan fingerprint density at radius 2 is 1.81 bits per heavy atom. The fourth-order valence-corrected chi connectivity index (χ4v) is 0.528. The molecule has 96 valence electrons. The van der Waals surface area contributed by atoms with E-state index in [4.69, 9.17) is 0 Å². The van der Waals surface area contributed by atoms with Crippen LogP contribution in [-0.2, 0) is 9.47 Å². The number of alkyl halides is 6. The maximum absolute atomic E-state index is 12.7. The van der Waals surface area contributed by atoms with Gasteiger partial charge in [0.1, 0.15) is 6.73 Å². The minimum Gasteiger partial charge on any atom is -0.398 e. The van der Waals surface area contributed by atoms with Gasteiger partial charge in [0.05, 0.1) is 0 Å². The summed E-state index contributed by atoms with van der Waals surface area (Å²) in [5.41, 5.74) is 0. The van der Waals surface area contributed by atoms with Gasteiger partial charge in [-0.2, -0.15) is 17.6 Å². The molecule has 16 heavy (non-hydrogen) atoms. The van der Waals surface area contributed by atoms with Gasteiger partial charge < -0.3 is 9.47 Å². The Morgan fingerprint density at radius 3 is 2.12 bits per heavy atom. The lowest BCUT2D eigenvalue weighted by molar-refractivity contribution is -0.349. The molecule has 0 rings (SSSR count). The third-order valence-electron chi connectivity index (χ3n) is 1.27. The second kappa shape index (κ2) is 5.23. The van der Waals surface area contributed by atoms with Crippen molar-refractivity contribution in [2.45, 2.75) is 18.5 Å². The van der Waals surface area contributed by atoms with Crippen LogP contribution in [0.4, 0.5) is 31.1 Å². The lowest BCUT2D eigenvalue weighted by Crippen LogP contribution is -2.52. The molecule has 0 aromatic rings. The van der Waals surface area contributed by atoms with Gasteiger partial charge in [-0.1, -0.05) is 0 Å². The van der Waals surface area contributed by atoms with Crippen LogP contribution >= 0.6 is 0 Å². The average molecular weight is 255 g/mol. The molecule has 1 unspecified atom stereocenters. The summed E-state index contributed by atoms with van der Waals surface area (Å²) in [7, 11) is 1.06. The van der Waals surface area contributed by atoms with Crippen molar-refractivity contribution in [3.8, 4) is 0 Å². The van der Waals surface area contributed by atoms with Gasteiger partial charge in [0, 0.05) is 7.11 Å². The monoisotopic (exact) mass is 255 g/mol. The molecule has 10 heteroatoms. The number of halogens is 6. The maximum atomic E-state index is 12.7. The van der Waals surface area contributed by atoms with Crippen LogP contribution in [-0.4, -0.2) is 38.4 Å². The molecule has 0 heterocycles. The van der Waals surface area contributed by atoms with Gasteiger partial charge in [-0.15, -0.1) is 0 Å². The SMILES string of the molecule is COCNC(=O)OC(F)(C(F)F)C(F)(F)F. The highest BCUT2D eigenvalue weighted by Gasteiger charge is 2.66. The van der Waals surface area contributed by atoms with Crippen LogP contribution in [0.3, 0.4) is 0 Å². The van der Waals surface area contributed by atoms with Gasteiger partial charge in [0.2, 0.25) is 0 Å². The number of nitrogens with one attached hydrogen (secondary N) is 1. The van der Waals surface area contributed by atoms with E-state index in [2.05, 4.69) is 9.47 Å². The lowest BCUT2D eigenvalue weighted by Gasteiger charge is -2.26. The zero-order chi connectivity index (χ0) is 13.0. The van der Waals surface area contributed by atoms with Crippen molar-refractivity contribution in [3.05, 3.63) is 0 Å². The number of rotatable bonds is 4. The molecule has 0 bridgehead atoms. The maximum Gasteiger partial charge on any atom is 0.466 e. The first-order valence-electron chi connectivity index (χ1n) is 3.64. The minimum absolute atomic E-state index is 0.615. The van der Waals surface area contributed by atoms with Gasteiger partial charge in [0.25, 0.3) is 0 Å². The number of carbonyl (C=O) groups excluding carboxylic acids is 1. The predicted octanol–water partition coefficient (Wildman–Crippen LogP) is 1.81. The molecule has 0 saturated carbocycles. The molecular weight excluding hydrogens is 248 g/mol. The Labute approximate surface area is 85.5 Å². The molecule has 0 aliphatic rings. The predicted molar refractivity (Wildman–Crippen MR) is 37.4 cm³/mol. The van der Waals surface area contributed by atoms with Gasteiger partial charge in [-0.25, -0.2) is 13.6 Å². The Hall–Kier alpha value is -1.19. The first-order chi connectivity index (χ1) is 7.15. The molecule has 0 fully saturated rings. The summed E-state index contributed by atoms with van der Waals surface area (Å²) >= 11 is 0. The molecule has 4 nitrogen and oxygen atoms in total. The zero-order valence-corrected chi connectivity index (χ0v) is 7.78. The van der Waals surface area contributed by atoms with E-state index in [0.717, 1.165) is 7.11 Å². The summed E-state index contributed by atoms with van der Waals surface area (Å²) in [4.78, 5) is 10.5. The number of hydrogen-bond acceptors (Lipinski definition) is 3. The Bertz CT molecular complexity index is 245. The average Bonchev–Trinajstić information content (AvgIpc) is 2.12. The van der Waals surface area contributed by atoms with Crippen molar-refractivity contribution in [1.29, 1.82) is 0 Å². The van der Waals surface area contributed by atoms with E-state index in [0.29, 0.717) is 0 Å². The van der Waals surface area contributed by atoms with Crippen LogP contribution < -0.4 is 5.32 Å². The number of hydrogen-bond donors (Lipinski definition) is 1. The highest BCUT2D eigenvalue weighted by Crippen LogP contribution is 2.39. The molecule has 0 spiro atoms. The van der Waals surface area contributed by atoms with E-state index < -0.39 is 31.3 Å². The minimum atomic E-state index is -6.04. The summed E-state index contributed by atoms with van der Waals surface area (Å²) in [6.45, 7) is -0.615. The van der Waals surface area contributed by atoms with Gasteiger partial charge >= 0.3 is 24.5 Å². The largest absolute Gasteiger partial charge is 0.466 e. The van der Waals surface area contributed by atoms with E-state index in [1.807, 2.05) is 0 Å². The van der Waals surface area contributed by atoms with Crippen molar-refractivity contribution in [3.63, 3.8) is 0 Å². The van der Waals surface area contributed by atoms with Crippen LogP contribution in [0.15, 0.2) is 0 Å². The van der Waals surface area contributed by atoms with Crippen LogP contribution in [0.5, 0.6) is 0 Å². The third-order valence-corrected chi connectivity index (χ3v) is 1.27. The Morgan fingerprint density at radius 1 is 1.31 bits per heavy atom. The second-order valence-electron chi connectivity index (χ2n) is 2.44. The third kappa shape index (κ3) is 3.43. The molecule has 1 atom stereocenters. The Kier molecular flexibility index (Phi) is 4.84. The number of alkyl carbamates (subject to hydrolysis) is 1. The molecule has 0 aliphatic heterocycles. The van der Waals surface area contributed by atoms with E-state index in [-0.39, 0.29) is 0 Å². The highest BCUT2D eigenvalue weighted by molar-refractivity contribution is 5.67. The van der Waals surface area contributed by atoms with Crippen molar-refractivity contribution < 1.29 is 40.6 Å². The normalized spacial score (nSPS) is 15.8. The van der Waals surface area contributed by atoms with Gasteiger partial charge in [-0.05, 0) is 0 Å². The summed E-state index contributed by atoms with van der Waals surface area (Å²) in [5, 5.41) is 1.46. The van der Waals surface area contributed by atoms with E-state index in [9.17, 15) is 31.1 Å². The first kappa shape index (κ1) is 14.8. The number of amides is 1. The lowest BCUT2D eigenvalue weighted by atomic mass is 10.3. The van der Waals surface area contributed by atoms with Crippen LogP contribution in [0, 0.1) is 0 Å². The topological polar surface area (TPSA) is 47.6 Å². The van der Waals surface area contributed by atoms with Crippen molar-refractivity contribution >= 4 is 6.09 Å². The number of ether oxygens (including phenoxy) is 2. The molecule has 0 aromatic heterocycles. The van der Waals surface area contributed by atoms with Crippen LogP contribution in [0.1, 0.15) is 0 Å². The zero-order valence-electron chi connectivity index (χ0n) is 7.78. The fourth-order valence-electron chi connectivity index (χ4n) is 0.528. The Balaban J connectivity index is 4.64. The highest BCUT2D eigenvalue weighted by atomic mass is 19.4. The van der Waals surface area contributed by atoms with E-state index >= 15 is 0 Å². The summed E-state index contributed by atoms with van der Waals surface area (Å²) < 4.78 is 79.1. The standard InChI is InChI=1S/C6H7F6NO3/c1-15-2-13-4(14)16-5(9,3(7)8)6(10,11)12/h3H,2H2,1H3,(H,13,14). The number of carbonyl (C=O) groups is 1. The summed E-state index contributed by atoms with van der Waals surface area (Å²) in [6.07, 6.45) is -12.6. The molecule has 1 N–H and O–H groups in total. The summed E-state index contributed by atoms with van der Waals surface area (Å²) in [6, 6.07) is 0. The van der Waals surface area contributed by atoms with E-state index in [1.54, 1.807) is 0 Å². The molecule has 0 aliphatic carbocycles. The van der Waals surface area contributed by atoms with Gasteiger partial charge in [0.15, 0.2) is 0 Å². The number of methoxy groups -OCH3 is 1. The summed E-state index contributed by atoms with van der Waals surface area (Å²) in [5.74, 6) is -5.34. The fraction of sp³-hybridized carbons (Fsp3) is 0.833. The molecular formula is C6H7F6NO3. The smallest absolute Gasteiger partial charge is 0.398 e. The quantitative estimate of drug-likeness (QED) is 0.615. The van der Waals surface area contributed by atoms with Crippen LogP contribution in [0.2, 0.25) is 0 Å². The van der Waals surface area contributed by atoms with Crippen molar-refractivity contribution in [1.82, 2.24) is 5.32 Å². The molecule has 0 aromatic carbocycles. The second-order valence-corrected chi connectivity index (χ2v) is 2.44. The molecule has 0 radical (unpaired) electrons. The van der Waals surface area contributed by atoms with Gasteiger partial charge in [-0.3, -0.25) is 5.32 Å². The molecule has 0 saturated heterocycles. The van der Waals surface area contributed by atoms with E-state index in [1.165, 1.54) is 5.32 Å². The van der Waals surface area contributed by atoms with Crippen LogP contribution in [0.25, 0.3) is 0 Å².